The molecule has 1 unspecified atom stereocenters. The van der Waals surface area contributed by atoms with Crippen molar-refractivity contribution < 1.29 is 14.6 Å². The van der Waals surface area contributed by atoms with Gasteiger partial charge in [-0.3, -0.25) is 9.69 Å². The van der Waals surface area contributed by atoms with E-state index in [9.17, 15) is 9.90 Å². The second kappa shape index (κ2) is 6.93. The van der Waals surface area contributed by atoms with Crippen LogP contribution in [0, 0.1) is 0 Å². The highest BCUT2D eigenvalue weighted by atomic mass is 16.5. The van der Waals surface area contributed by atoms with E-state index in [1.165, 1.54) is 13.5 Å². The maximum absolute atomic E-state index is 11.4. The van der Waals surface area contributed by atoms with Crippen LogP contribution in [0.5, 0.6) is 0 Å². The predicted molar refractivity (Wildman–Crippen MR) is 57.8 cm³/mol. The van der Waals surface area contributed by atoms with Crippen LogP contribution in [0.15, 0.2) is 0 Å². The van der Waals surface area contributed by atoms with E-state index < -0.39 is 0 Å². The molecule has 0 radical (unpaired) electrons. The topological polar surface area (TPSA) is 49.8 Å². The van der Waals surface area contributed by atoms with E-state index in [2.05, 4.69) is 4.90 Å². The third-order valence-electron chi connectivity index (χ3n) is 2.89. The third kappa shape index (κ3) is 4.28. The molecule has 0 aromatic rings. The minimum atomic E-state index is 0.0952. The minimum absolute atomic E-state index is 0.0952. The summed E-state index contributed by atoms with van der Waals surface area (Å²) in [5.41, 5.74) is 0. The zero-order chi connectivity index (χ0) is 11.1. The molecule has 0 bridgehead atoms. The number of nitrogens with zero attached hydrogens (tertiary/aromatic N) is 1. The SMILES string of the molecule is COCC(=O)CN1CCCCCC1CO. The largest absolute Gasteiger partial charge is 0.395 e. The van der Waals surface area contributed by atoms with Crippen LogP contribution in [0.3, 0.4) is 0 Å². The zero-order valence-electron chi connectivity index (χ0n) is 9.45. The Labute approximate surface area is 91.2 Å². The average Bonchev–Trinajstić information content (AvgIpc) is 2.43. The Kier molecular flexibility index (Phi) is 5.83. The van der Waals surface area contributed by atoms with Crippen LogP contribution in [0.25, 0.3) is 0 Å². The molecule has 1 fully saturated rings. The van der Waals surface area contributed by atoms with Crippen molar-refractivity contribution in [3.63, 3.8) is 0 Å². The number of methoxy groups -OCH3 is 1. The van der Waals surface area contributed by atoms with Crippen LogP contribution in [-0.2, 0) is 9.53 Å². The van der Waals surface area contributed by atoms with Gasteiger partial charge >= 0.3 is 0 Å². The minimum Gasteiger partial charge on any atom is -0.395 e. The quantitative estimate of drug-likeness (QED) is 0.723. The first kappa shape index (κ1) is 12.6. The molecule has 1 aliphatic heterocycles. The number of carbonyl (C=O) groups is 1. The van der Waals surface area contributed by atoms with Gasteiger partial charge in [0.05, 0.1) is 13.2 Å². The molecule has 1 aliphatic rings. The maximum Gasteiger partial charge on any atom is 0.172 e. The fourth-order valence-corrected chi connectivity index (χ4v) is 2.08. The molecule has 0 spiro atoms. The molecule has 0 aliphatic carbocycles. The van der Waals surface area contributed by atoms with Crippen LogP contribution >= 0.6 is 0 Å². The maximum atomic E-state index is 11.4. The number of Topliss-reactive ketones (excluding diaryl/α,β-unsaturated/α-hetero) is 1. The van der Waals surface area contributed by atoms with Crippen LogP contribution in [-0.4, -0.2) is 55.2 Å². The van der Waals surface area contributed by atoms with E-state index in [4.69, 9.17) is 4.74 Å². The molecule has 0 saturated carbocycles. The summed E-state index contributed by atoms with van der Waals surface area (Å²) in [7, 11) is 1.53. The lowest BCUT2D eigenvalue weighted by Gasteiger charge is -2.27. The van der Waals surface area contributed by atoms with Gasteiger partial charge in [0.15, 0.2) is 5.78 Å². The lowest BCUT2D eigenvalue weighted by atomic mass is 10.1. The van der Waals surface area contributed by atoms with Gasteiger partial charge < -0.3 is 9.84 Å². The molecule has 1 saturated heterocycles. The van der Waals surface area contributed by atoms with Gasteiger partial charge in [-0.05, 0) is 19.4 Å². The highest BCUT2D eigenvalue weighted by Crippen LogP contribution is 2.15. The first-order valence-electron chi connectivity index (χ1n) is 5.63. The average molecular weight is 215 g/mol. The summed E-state index contributed by atoms with van der Waals surface area (Å²) in [6, 6.07) is 0.160. The standard InChI is InChI=1S/C11H21NO3/c1-15-9-11(14)7-12-6-4-2-3-5-10(12)8-13/h10,13H,2-9H2,1H3. The predicted octanol–water partition coefficient (Wildman–Crippen LogP) is 0.439. The molecule has 0 amide bonds. The van der Waals surface area contributed by atoms with Gasteiger partial charge in [-0.2, -0.15) is 0 Å². The molecular weight excluding hydrogens is 194 g/mol. The number of hydrogen-bond donors (Lipinski definition) is 1. The van der Waals surface area contributed by atoms with Gasteiger partial charge in [0.25, 0.3) is 0 Å². The van der Waals surface area contributed by atoms with Crippen molar-refractivity contribution >= 4 is 5.78 Å². The van der Waals surface area contributed by atoms with Crippen molar-refractivity contribution in [3.05, 3.63) is 0 Å². The van der Waals surface area contributed by atoms with Crippen LogP contribution in [0.2, 0.25) is 0 Å². The summed E-state index contributed by atoms with van der Waals surface area (Å²) in [4.78, 5) is 13.5. The third-order valence-corrected chi connectivity index (χ3v) is 2.89. The molecule has 1 atom stereocenters. The van der Waals surface area contributed by atoms with Crippen LogP contribution in [0.1, 0.15) is 25.7 Å². The van der Waals surface area contributed by atoms with E-state index in [0.717, 1.165) is 25.8 Å². The lowest BCUT2D eigenvalue weighted by Crippen LogP contribution is -2.41. The number of hydrogen-bond acceptors (Lipinski definition) is 4. The smallest absolute Gasteiger partial charge is 0.172 e. The Bertz CT molecular complexity index is 196. The number of aliphatic hydroxyl groups excluding tert-OH is 1. The summed E-state index contributed by atoms with van der Waals surface area (Å²) in [6.45, 7) is 1.66. The number of carbonyl (C=O) groups excluding carboxylic acids is 1. The normalized spacial score (nSPS) is 23.7. The Morgan fingerprint density at radius 1 is 1.47 bits per heavy atom. The summed E-state index contributed by atoms with van der Waals surface area (Å²) < 4.78 is 4.81. The van der Waals surface area contributed by atoms with Gasteiger partial charge in [-0.25, -0.2) is 0 Å². The summed E-state index contributed by atoms with van der Waals surface area (Å²) in [5.74, 6) is 0.0952. The second-order valence-corrected chi connectivity index (χ2v) is 4.13. The molecule has 1 N–H and O–H groups in total. The number of likely N-dealkylation sites (tertiary alicyclic amines) is 1. The van der Waals surface area contributed by atoms with Gasteiger partial charge in [-0.1, -0.05) is 12.8 Å². The molecule has 0 aromatic carbocycles. The number of rotatable bonds is 5. The van der Waals surface area contributed by atoms with Gasteiger partial charge in [-0.15, -0.1) is 0 Å². The van der Waals surface area contributed by atoms with Crippen molar-refractivity contribution in [2.75, 3.05) is 33.4 Å². The van der Waals surface area contributed by atoms with Crippen molar-refractivity contribution in [2.24, 2.45) is 0 Å². The fourth-order valence-electron chi connectivity index (χ4n) is 2.08. The molecule has 4 heteroatoms. The van der Waals surface area contributed by atoms with E-state index in [0.29, 0.717) is 6.54 Å². The molecule has 1 heterocycles. The van der Waals surface area contributed by atoms with E-state index in [1.807, 2.05) is 0 Å². The van der Waals surface area contributed by atoms with Crippen molar-refractivity contribution in [1.82, 2.24) is 4.90 Å². The molecule has 4 nitrogen and oxygen atoms in total. The Morgan fingerprint density at radius 2 is 2.27 bits per heavy atom. The number of ether oxygens (including phenoxy) is 1. The highest BCUT2D eigenvalue weighted by Gasteiger charge is 2.21. The Balaban J connectivity index is 2.43. The molecule has 88 valence electrons. The molecular formula is C11H21NO3. The molecule has 15 heavy (non-hydrogen) atoms. The van der Waals surface area contributed by atoms with E-state index in [-0.39, 0.29) is 25.0 Å². The van der Waals surface area contributed by atoms with Crippen LogP contribution in [0.4, 0.5) is 0 Å². The monoisotopic (exact) mass is 215 g/mol. The van der Waals surface area contributed by atoms with Gasteiger partial charge in [0, 0.05) is 13.2 Å². The second-order valence-electron chi connectivity index (χ2n) is 4.13. The van der Waals surface area contributed by atoms with Crippen molar-refractivity contribution in [3.8, 4) is 0 Å². The summed E-state index contributed by atoms with van der Waals surface area (Å²) in [6.07, 6.45) is 4.47. The molecule has 1 rings (SSSR count). The van der Waals surface area contributed by atoms with Gasteiger partial charge in [0.2, 0.25) is 0 Å². The summed E-state index contributed by atoms with van der Waals surface area (Å²) >= 11 is 0. The highest BCUT2D eigenvalue weighted by molar-refractivity contribution is 5.81. The lowest BCUT2D eigenvalue weighted by molar-refractivity contribution is -0.124. The first-order valence-corrected chi connectivity index (χ1v) is 5.63. The first-order chi connectivity index (χ1) is 7.27. The van der Waals surface area contributed by atoms with Crippen LogP contribution < -0.4 is 0 Å². The van der Waals surface area contributed by atoms with E-state index in [1.54, 1.807) is 0 Å². The number of aliphatic hydroxyl groups is 1. The van der Waals surface area contributed by atoms with E-state index >= 15 is 0 Å². The van der Waals surface area contributed by atoms with Crippen molar-refractivity contribution in [2.45, 2.75) is 31.7 Å². The zero-order valence-corrected chi connectivity index (χ0v) is 9.45. The summed E-state index contributed by atoms with van der Waals surface area (Å²) in [5, 5.41) is 9.25. The Morgan fingerprint density at radius 3 is 2.93 bits per heavy atom. The van der Waals surface area contributed by atoms with Gasteiger partial charge in [0.1, 0.15) is 6.61 Å². The Hall–Kier alpha value is -0.450. The molecule has 0 aromatic heterocycles. The fraction of sp³-hybridized carbons (Fsp3) is 0.909. The van der Waals surface area contributed by atoms with Crippen molar-refractivity contribution in [1.29, 1.82) is 0 Å². The number of ketones is 1.